The molecular formula is C26H25F3N2O4. The van der Waals surface area contributed by atoms with Crippen molar-refractivity contribution in [3.63, 3.8) is 0 Å². The van der Waals surface area contributed by atoms with Crippen LogP contribution in [-0.2, 0) is 4.79 Å². The van der Waals surface area contributed by atoms with Crippen LogP contribution in [0.15, 0.2) is 48.7 Å². The van der Waals surface area contributed by atoms with Crippen LogP contribution in [0.2, 0.25) is 0 Å². The smallest absolute Gasteiger partial charge is 0.312 e. The lowest BCUT2D eigenvalue weighted by Crippen LogP contribution is -2.60. The molecule has 2 aromatic carbocycles. The van der Waals surface area contributed by atoms with E-state index in [-0.39, 0.29) is 37.1 Å². The highest BCUT2D eigenvalue weighted by Gasteiger charge is 2.48. The van der Waals surface area contributed by atoms with E-state index in [1.807, 2.05) is 4.90 Å². The summed E-state index contributed by atoms with van der Waals surface area (Å²) in [4.78, 5) is 17.9. The summed E-state index contributed by atoms with van der Waals surface area (Å²) in [5.41, 5.74) is -0.423. The average Bonchev–Trinajstić information content (AvgIpc) is 2.81. The third kappa shape index (κ3) is 5.16. The number of fused-ring (bicyclic) bond motifs is 1. The largest absolute Gasteiger partial charge is 0.497 e. The third-order valence-electron chi connectivity index (χ3n) is 6.42. The van der Waals surface area contributed by atoms with Crippen LogP contribution in [0, 0.1) is 22.9 Å². The number of nitrogens with zero attached hydrogens (tertiary/aromatic N) is 2. The molecule has 0 amide bonds. The summed E-state index contributed by atoms with van der Waals surface area (Å²) < 4.78 is 46.8. The standard InChI is InChI=1S/C26H25F3N2O4/c1-35-18-5-7-22-19(12-18)24(21(29)13-30-22)23(32)8-9-26(25(33)34)14-31(15-26)10-2-3-16-11-17(27)4-6-20(16)28/h2-7,11-13,23,32H,8-10,14-15H2,1H3,(H,33,34)/b3-2+. The van der Waals surface area contributed by atoms with Crippen molar-refractivity contribution in [3.05, 3.63) is 77.2 Å². The van der Waals surface area contributed by atoms with Crippen molar-refractivity contribution >= 4 is 22.9 Å². The first-order valence-electron chi connectivity index (χ1n) is 11.1. The summed E-state index contributed by atoms with van der Waals surface area (Å²) in [7, 11) is 1.48. The highest BCUT2D eigenvalue weighted by atomic mass is 19.1. The normalized spacial score (nSPS) is 16.4. The third-order valence-corrected chi connectivity index (χ3v) is 6.42. The van der Waals surface area contributed by atoms with Crippen LogP contribution in [0.25, 0.3) is 17.0 Å². The number of carboxylic acid groups (broad SMARTS) is 1. The number of hydrogen-bond acceptors (Lipinski definition) is 5. The highest BCUT2D eigenvalue weighted by Crippen LogP contribution is 2.39. The summed E-state index contributed by atoms with van der Waals surface area (Å²) in [5, 5.41) is 21.1. The monoisotopic (exact) mass is 486 g/mol. The zero-order valence-electron chi connectivity index (χ0n) is 19.0. The van der Waals surface area contributed by atoms with Gasteiger partial charge < -0.3 is 14.9 Å². The minimum absolute atomic E-state index is 0.0394. The summed E-state index contributed by atoms with van der Waals surface area (Å²) >= 11 is 0. The molecule has 1 saturated heterocycles. The molecule has 184 valence electrons. The van der Waals surface area contributed by atoms with Crippen molar-refractivity contribution in [1.29, 1.82) is 0 Å². The lowest BCUT2D eigenvalue weighted by Gasteiger charge is -2.47. The van der Waals surface area contributed by atoms with E-state index < -0.39 is 34.9 Å². The second kappa shape index (κ2) is 10.1. The summed E-state index contributed by atoms with van der Waals surface area (Å²) in [5.74, 6) is -2.28. The second-order valence-corrected chi connectivity index (χ2v) is 8.78. The van der Waals surface area contributed by atoms with Gasteiger partial charge in [-0.05, 0) is 49.2 Å². The maximum Gasteiger partial charge on any atom is 0.312 e. The highest BCUT2D eigenvalue weighted by molar-refractivity contribution is 5.84. The van der Waals surface area contributed by atoms with Crippen LogP contribution < -0.4 is 4.74 Å². The maximum atomic E-state index is 14.6. The minimum Gasteiger partial charge on any atom is -0.497 e. The van der Waals surface area contributed by atoms with E-state index in [1.54, 1.807) is 24.3 Å². The van der Waals surface area contributed by atoms with Crippen LogP contribution in [0.1, 0.15) is 30.1 Å². The molecule has 6 nitrogen and oxygen atoms in total. The average molecular weight is 486 g/mol. The fraction of sp³-hybridized carbons (Fsp3) is 0.308. The van der Waals surface area contributed by atoms with Crippen molar-refractivity contribution in [2.75, 3.05) is 26.7 Å². The van der Waals surface area contributed by atoms with Gasteiger partial charge in [0.25, 0.3) is 0 Å². The van der Waals surface area contributed by atoms with Crippen molar-refractivity contribution in [3.8, 4) is 5.75 Å². The number of pyridine rings is 1. The Hall–Kier alpha value is -3.43. The van der Waals surface area contributed by atoms with Crippen molar-refractivity contribution in [2.24, 2.45) is 5.41 Å². The lowest BCUT2D eigenvalue weighted by molar-refractivity contribution is -0.161. The SMILES string of the molecule is COc1ccc2ncc(F)c(C(O)CCC3(C(=O)O)CN(C/C=C/c4cc(F)ccc4F)C3)c2c1. The number of aliphatic hydroxyl groups excluding tert-OH is 1. The number of rotatable bonds is 9. The van der Waals surface area contributed by atoms with E-state index in [0.29, 0.717) is 23.2 Å². The van der Waals surface area contributed by atoms with Gasteiger partial charge in [-0.1, -0.05) is 12.2 Å². The van der Waals surface area contributed by atoms with Crippen molar-refractivity contribution < 1.29 is 32.9 Å². The number of hydrogen-bond donors (Lipinski definition) is 2. The number of benzene rings is 2. The quantitative estimate of drug-likeness (QED) is 0.461. The first-order chi connectivity index (χ1) is 16.7. The van der Waals surface area contributed by atoms with Gasteiger partial charge in [-0.3, -0.25) is 14.7 Å². The fourth-order valence-corrected chi connectivity index (χ4v) is 4.50. The van der Waals surface area contributed by atoms with Crippen LogP contribution in [0.3, 0.4) is 0 Å². The number of likely N-dealkylation sites (tertiary alicyclic amines) is 1. The Morgan fingerprint density at radius 1 is 1.20 bits per heavy atom. The van der Waals surface area contributed by atoms with E-state index in [4.69, 9.17) is 4.74 Å². The molecule has 3 aromatic rings. The van der Waals surface area contributed by atoms with Crippen LogP contribution in [0.5, 0.6) is 5.75 Å². The number of aliphatic hydroxyl groups is 1. The Kier molecular flexibility index (Phi) is 7.09. The molecule has 0 aliphatic carbocycles. The minimum atomic E-state index is -1.23. The van der Waals surface area contributed by atoms with E-state index in [2.05, 4.69) is 4.98 Å². The van der Waals surface area contributed by atoms with Gasteiger partial charge in [-0.25, -0.2) is 13.2 Å². The van der Waals surface area contributed by atoms with E-state index in [9.17, 15) is 28.2 Å². The van der Waals surface area contributed by atoms with Crippen molar-refractivity contribution in [2.45, 2.75) is 18.9 Å². The number of carbonyl (C=O) groups is 1. The topological polar surface area (TPSA) is 82.9 Å². The molecular weight excluding hydrogens is 461 g/mol. The van der Waals surface area contributed by atoms with Crippen LogP contribution >= 0.6 is 0 Å². The van der Waals surface area contributed by atoms with E-state index in [1.165, 1.54) is 13.2 Å². The Morgan fingerprint density at radius 3 is 2.69 bits per heavy atom. The predicted molar refractivity (Wildman–Crippen MR) is 124 cm³/mol. The lowest BCUT2D eigenvalue weighted by atomic mass is 9.75. The molecule has 0 bridgehead atoms. The first kappa shape index (κ1) is 24.7. The first-order valence-corrected chi connectivity index (χ1v) is 11.1. The molecule has 1 atom stereocenters. The van der Waals surface area contributed by atoms with Gasteiger partial charge in [0.2, 0.25) is 0 Å². The maximum absolute atomic E-state index is 14.6. The second-order valence-electron chi connectivity index (χ2n) is 8.78. The molecule has 2 heterocycles. The summed E-state index contributed by atoms with van der Waals surface area (Å²) in [6.45, 7) is 0.799. The van der Waals surface area contributed by atoms with E-state index >= 15 is 0 Å². The van der Waals surface area contributed by atoms with Crippen LogP contribution in [-0.4, -0.2) is 52.8 Å². The molecule has 35 heavy (non-hydrogen) atoms. The number of carboxylic acids is 1. The molecule has 1 aromatic heterocycles. The predicted octanol–water partition coefficient (Wildman–Crippen LogP) is 4.57. The molecule has 1 unspecified atom stereocenters. The van der Waals surface area contributed by atoms with Crippen LogP contribution in [0.4, 0.5) is 13.2 Å². The van der Waals surface area contributed by atoms with Crippen molar-refractivity contribution in [1.82, 2.24) is 9.88 Å². The van der Waals surface area contributed by atoms with Gasteiger partial charge >= 0.3 is 5.97 Å². The summed E-state index contributed by atoms with van der Waals surface area (Å²) in [6, 6.07) is 8.11. The van der Waals surface area contributed by atoms with Gasteiger partial charge in [-0.15, -0.1) is 0 Å². The molecule has 0 spiro atoms. The Bertz CT molecular complexity index is 1270. The summed E-state index contributed by atoms with van der Waals surface area (Å²) in [6.07, 6.45) is 3.08. The Morgan fingerprint density at radius 2 is 1.97 bits per heavy atom. The van der Waals surface area contributed by atoms with Gasteiger partial charge in [0.15, 0.2) is 0 Å². The molecule has 2 N–H and O–H groups in total. The number of ether oxygens (including phenoxy) is 1. The fourth-order valence-electron chi connectivity index (χ4n) is 4.50. The van der Waals surface area contributed by atoms with Gasteiger partial charge in [0.1, 0.15) is 23.2 Å². The van der Waals surface area contributed by atoms with Gasteiger partial charge in [-0.2, -0.15) is 0 Å². The number of methoxy groups -OCH3 is 1. The van der Waals surface area contributed by atoms with Gasteiger partial charge in [0, 0.05) is 36.1 Å². The zero-order valence-corrected chi connectivity index (χ0v) is 19.0. The Balaban J connectivity index is 1.41. The zero-order chi connectivity index (χ0) is 25.2. The molecule has 1 aliphatic heterocycles. The molecule has 0 saturated carbocycles. The molecule has 1 fully saturated rings. The Labute approximate surface area is 200 Å². The van der Waals surface area contributed by atoms with E-state index in [0.717, 1.165) is 24.4 Å². The number of aliphatic carboxylic acids is 1. The number of halogens is 3. The molecule has 9 heteroatoms. The number of aromatic nitrogens is 1. The van der Waals surface area contributed by atoms with Gasteiger partial charge in [0.05, 0.1) is 30.3 Å². The molecule has 1 aliphatic rings. The molecule has 4 rings (SSSR count). The molecule has 0 radical (unpaired) electrons.